The van der Waals surface area contributed by atoms with Gasteiger partial charge in [-0.25, -0.2) is 13.2 Å². The van der Waals surface area contributed by atoms with E-state index >= 15 is 0 Å². The highest BCUT2D eigenvalue weighted by atomic mass is 19.2. The number of likely N-dealkylation sites (N-methyl/N-ethyl adjacent to an activating group) is 1. The van der Waals surface area contributed by atoms with Gasteiger partial charge in [-0.3, -0.25) is 14.4 Å². The molecule has 168 valence electrons. The minimum atomic E-state index is -1.67. The van der Waals surface area contributed by atoms with Crippen molar-refractivity contribution in [3.05, 3.63) is 29.6 Å². The Bertz CT molecular complexity index is 937. The molecule has 0 aliphatic heterocycles. The number of rotatable bonds is 5. The van der Waals surface area contributed by atoms with E-state index in [0.29, 0.717) is 18.3 Å². The second kappa shape index (κ2) is 7.53. The van der Waals surface area contributed by atoms with Crippen LogP contribution in [0.15, 0.2) is 12.1 Å². The van der Waals surface area contributed by atoms with Crippen LogP contribution < -0.4 is 10.6 Å². The SMILES string of the molecule is CC(=O)NC12C[C@@H]3C[C@@H](C1)CC(C(=O)N(C)CC(=O)Nc1ccc(F)c(F)c1F)(C3)C2. The molecule has 0 aromatic heterocycles. The highest BCUT2D eigenvalue weighted by Gasteiger charge is 2.61. The molecule has 3 amide bonds. The fraction of sp³-hybridized carbons (Fsp3) is 0.591. The van der Waals surface area contributed by atoms with Crippen molar-refractivity contribution < 1.29 is 27.6 Å². The zero-order valence-electron chi connectivity index (χ0n) is 17.6. The number of hydrogen-bond acceptors (Lipinski definition) is 3. The van der Waals surface area contributed by atoms with E-state index in [0.717, 1.165) is 44.2 Å². The minimum Gasteiger partial charge on any atom is -0.351 e. The summed E-state index contributed by atoms with van der Waals surface area (Å²) in [7, 11) is 1.51. The zero-order chi connectivity index (χ0) is 22.6. The lowest BCUT2D eigenvalue weighted by atomic mass is 9.46. The Morgan fingerprint density at radius 2 is 1.71 bits per heavy atom. The first kappa shape index (κ1) is 21.6. The van der Waals surface area contributed by atoms with Crippen molar-refractivity contribution in [2.24, 2.45) is 17.3 Å². The van der Waals surface area contributed by atoms with Crippen LogP contribution in [-0.2, 0) is 14.4 Å². The van der Waals surface area contributed by atoms with Gasteiger partial charge in [0.2, 0.25) is 17.7 Å². The molecule has 4 aliphatic carbocycles. The summed E-state index contributed by atoms with van der Waals surface area (Å²) in [5.74, 6) is -4.77. The molecular weight excluding hydrogens is 411 g/mol. The van der Waals surface area contributed by atoms with Gasteiger partial charge in [0.1, 0.15) is 0 Å². The van der Waals surface area contributed by atoms with Crippen LogP contribution in [0.4, 0.5) is 18.9 Å². The Morgan fingerprint density at radius 1 is 1.06 bits per heavy atom. The quantitative estimate of drug-likeness (QED) is 0.696. The second-order valence-electron chi connectivity index (χ2n) is 9.64. The molecule has 9 heteroatoms. The van der Waals surface area contributed by atoms with Gasteiger partial charge in [0, 0.05) is 19.5 Å². The van der Waals surface area contributed by atoms with E-state index in [1.165, 1.54) is 18.9 Å². The van der Waals surface area contributed by atoms with Crippen molar-refractivity contribution in [3.8, 4) is 0 Å². The molecule has 2 atom stereocenters. The maximum absolute atomic E-state index is 13.8. The predicted octanol–water partition coefficient (Wildman–Crippen LogP) is 2.98. The molecule has 0 unspecified atom stereocenters. The van der Waals surface area contributed by atoms with Crippen LogP contribution in [0.5, 0.6) is 0 Å². The van der Waals surface area contributed by atoms with Gasteiger partial charge in [-0.1, -0.05) is 0 Å². The van der Waals surface area contributed by atoms with Crippen LogP contribution in [-0.4, -0.2) is 41.8 Å². The van der Waals surface area contributed by atoms with Crippen LogP contribution in [0.2, 0.25) is 0 Å². The van der Waals surface area contributed by atoms with Crippen LogP contribution >= 0.6 is 0 Å². The first-order valence-electron chi connectivity index (χ1n) is 10.5. The van der Waals surface area contributed by atoms with Crippen molar-refractivity contribution in [2.45, 2.75) is 51.0 Å². The summed E-state index contributed by atoms with van der Waals surface area (Å²) in [4.78, 5) is 38.9. The molecule has 5 rings (SSSR count). The van der Waals surface area contributed by atoms with Gasteiger partial charge in [0.25, 0.3) is 0 Å². The van der Waals surface area contributed by atoms with Gasteiger partial charge >= 0.3 is 0 Å². The van der Waals surface area contributed by atoms with E-state index < -0.39 is 34.5 Å². The Hall–Kier alpha value is -2.58. The largest absolute Gasteiger partial charge is 0.351 e. The van der Waals surface area contributed by atoms with E-state index in [-0.39, 0.29) is 23.9 Å². The first-order chi connectivity index (χ1) is 14.5. The van der Waals surface area contributed by atoms with Gasteiger partial charge in [-0.05, 0) is 62.5 Å². The van der Waals surface area contributed by atoms with Crippen molar-refractivity contribution >= 4 is 23.4 Å². The topological polar surface area (TPSA) is 78.5 Å². The fourth-order valence-corrected chi connectivity index (χ4v) is 6.54. The number of carbonyl (C=O) groups is 3. The number of carbonyl (C=O) groups excluding carboxylic acids is 3. The molecule has 0 spiro atoms. The molecule has 1 aromatic rings. The summed E-state index contributed by atoms with van der Waals surface area (Å²) < 4.78 is 40.3. The van der Waals surface area contributed by atoms with Crippen molar-refractivity contribution in [3.63, 3.8) is 0 Å². The van der Waals surface area contributed by atoms with Crippen LogP contribution in [0.25, 0.3) is 0 Å². The number of halogens is 3. The Morgan fingerprint density at radius 3 is 2.32 bits per heavy atom. The third-order valence-corrected chi connectivity index (χ3v) is 6.99. The number of amides is 3. The molecule has 4 fully saturated rings. The third-order valence-electron chi connectivity index (χ3n) is 6.99. The highest BCUT2D eigenvalue weighted by Crippen LogP contribution is 2.62. The average Bonchev–Trinajstić information content (AvgIpc) is 2.65. The number of hydrogen-bond donors (Lipinski definition) is 2. The van der Waals surface area contributed by atoms with E-state index in [1.54, 1.807) is 0 Å². The van der Waals surface area contributed by atoms with Crippen molar-refractivity contribution in [2.75, 3.05) is 18.9 Å². The summed E-state index contributed by atoms with van der Waals surface area (Å²) in [5.41, 5.74) is -1.48. The Kier molecular flexibility index (Phi) is 5.26. The van der Waals surface area contributed by atoms with E-state index in [2.05, 4.69) is 10.6 Å². The van der Waals surface area contributed by atoms with E-state index in [4.69, 9.17) is 0 Å². The second-order valence-corrected chi connectivity index (χ2v) is 9.64. The number of benzene rings is 1. The number of nitrogens with zero attached hydrogens (tertiary/aromatic N) is 1. The van der Waals surface area contributed by atoms with Crippen LogP contribution in [0, 0.1) is 34.7 Å². The smallest absolute Gasteiger partial charge is 0.244 e. The summed E-state index contributed by atoms with van der Waals surface area (Å²) in [6, 6.07) is 1.66. The van der Waals surface area contributed by atoms with Gasteiger partial charge in [0.15, 0.2) is 17.5 Å². The molecular formula is C22H26F3N3O3. The van der Waals surface area contributed by atoms with Gasteiger partial charge in [-0.2, -0.15) is 0 Å². The van der Waals surface area contributed by atoms with Gasteiger partial charge < -0.3 is 15.5 Å². The summed E-state index contributed by atoms with van der Waals surface area (Å²) in [6.07, 6.45) is 4.81. The van der Waals surface area contributed by atoms with Crippen LogP contribution in [0.3, 0.4) is 0 Å². The lowest BCUT2D eigenvalue weighted by molar-refractivity contribution is -0.162. The Balaban J connectivity index is 1.46. The monoisotopic (exact) mass is 437 g/mol. The third kappa shape index (κ3) is 3.90. The maximum atomic E-state index is 13.8. The molecule has 0 radical (unpaired) electrons. The normalized spacial score (nSPS) is 30.7. The average molecular weight is 437 g/mol. The lowest BCUT2D eigenvalue weighted by Gasteiger charge is -2.61. The minimum absolute atomic E-state index is 0.106. The fourth-order valence-electron chi connectivity index (χ4n) is 6.54. The van der Waals surface area contributed by atoms with Crippen molar-refractivity contribution in [1.29, 1.82) is 0 Å². The molecule has 0 heterocycles. The van der Waals surface area contributed by atoms with E-state index in [1.807, 2.05) is 0 Å². The van der Waals surface area contributed by atoms with Crippen LogP contribution in [0.1, 0.15) is 45.4 Å². The standard InChI is InChI=1S/C22H26F3N3O3/c1-12(29)27-22-8-13-5-14(9-22)7-21(6-13,11-22)20(31)28(2)10-17(30)26-16-4-3-15(23)18(24)19(16)25/h3-4,13-14H,5-11H2,1-2H3,(H,26,30)(H,27,29)/t13-,14-,21?,22?/m1/s1. The number of nitrogens with one attached hydrogen (secondary N) is 2. The molecule has 4 aliphatic rings. The maximum Gasteiger partial charge on any atom is 0.244 e. The predicted molar refractivity (Wildman–Crippen MR) is 106 cm³/mol. The molecule has 4 bridgehead atoms. The zero-order valence-corrected chi connectivity index (χ0v) is 17.6. The summed E-state index contributed by atoms with van der Waals surface area (Å²) in [5, 5.41) is 5.30. The van der Waals surface area contributed by atoms with Crippen molar-refractivity contribution in [1.82, 2.24) is 10.2 Å². The first-order valence-corrected chi connectivity index (χ1v) is 10.5. The molecule has 31 heavy (non-hydrogen) atoms. The Labute approximate surface area is 178 Å². The molecule has 6 nitrogen and oxygen atoms in total. The lowest BCUT2D eigenvalue weighted by Crippen LogP contribution is -2.66. The summed E-state index contributed by atoms with van der Waals surface area (Å²) >= 11 is 0. The molecule has 4 saturated carbocycles. The molecule has 1 aromatic carbocycles. The highest BCUT2D eigenvalue weighted by molar-refractivity contribution is 5.95. The van der Waals surface area contributed by atoms with Gasteiger partial charge in [0.05, 0.1) is 17.6 Å². The molecule has 0 saturated heterocycles. The molecule has 2 N–H and O–H groups in total. The van der Waals surface area contributed by atoms with E-state index in [9.17, 15) is 27.6 Å². The summed E-state index contributed by atoms with van der Waals surface area (Å²) in [6.45, 7) is 1.14. The van der Waals surface area contributed by atoms with Gasteiger partial charge in [-0.15, -0.1) is 0 Å². The number of anilines is 1.